The third-order valence-corrected chi connectivity index (χ3v) is 1.28. The lowest BCUT2D eigenvalue weighted by atomic mass is 10.8. The van der Waals surface area contributed by atoms with Gasteiger partial charge in [-0.05, 0) is 6.92 Å². The topological polar surface area (TPSA) is 54.0 Å². The van der Waals surface area contributed by atoms with Crippen LogP contribution in [0.5, 0.6) is 0 Å². The molecule has 0 aromatic rings. The Labute approximate surface area is 42.4 Å². The molecule has 0 saturated carbocycles. The minimum Gasteiger partial charge on any atom is -0.192 e. The number of hydrogen-bond acceptors (Lipinski definition) is 2. The van der Waals surface area contributed by atoms with Crippen LogP contribution in [0.15, 0.2) is 11.5 Å². The Kier molecular flexibility index (Phi) is 1.55. The number of allylic oxidation sites excluding steroid dienone is 1. The molecule has 0 saturated heterocycles. The van der Waals surface area contributed by atoms with Gasteiger partial charge < -0.3 is 0 Å². The second-order valence-corrected chi connectivity index (χ2v) is 2.76. The first kappa shape index (κ1) is 6.65. The van der Waals surface area contributed by atoms with Crippen LogP contribution in [0.4, 0.5) is 0 Å². The van der Waals surface area contributed by atoms with Gasteiger partial charge in [0.05, 0.1) is 4.91 Å². The van der Waals surface area contributed by atoms with Crippen molar-refractivity contribution in [3.05, 3.63) is 11.5 Å². The van der Waals surface area contributed by atoms with Crippen molar-refractivity contribution in [3.63, 3.8) is 0 Å². The Morgan fingerprint density at radius 2 is 1.71 bits per heavy atom. The molecule has 0 aliphatic rings. The molecule has 0 aromatic heterocycles. The quantitative estimate of drug-likeness (QED) is 0.500. The SMILES string of the molecule is C=C(C)S([O])(=O)=O. The summed E-state index contributed by atoms with van der Waals surface area (Å²) >= 11 is 0. The van der Waals surface area contributed by atoms with Gasteiger partial charge in [-0.1, -0.05) is 11.1 Å². The fourth-order valence-electron chi connectivity index (χ4n) is 0. The minimum absolute atomic E-state index is 0.340. The Hall–Kier alpha value is -0.350. The van der Waals surface area contributed by atoms with Crippen LogP contribution in [-0.4, -0.2) is 8.42 Å². The maximum Gasteiger partial charge on any atom is 0.319 e. The molecule has 0 aliphatic carbocycles. The summed E-state index contributed by atoms with van der Waals surface area (Å²) in [6, 6.07) is 0. The molecule has 41 valence electrons. The van der Waals surface area contributed by atoms with Gasteiger partial charge in [0.2, 0.25) is 0 Å². The molecule has 0 fully saturated rings. The first-order valence-corrected chi connectivity index (χ1v) is 2.97. The van der Waals surface area contributed by atoms with Crippen LogP contribution < -0.4 is 0 Å². The molecular weight excluding hydrogens is 116 g/mol. The van der Waals surface area contributed by atoms with E-state index in [4.69, 9.17) is 0 Å². The third-order valence-electron chi connectivity index (χ3n) is 0.427. The summed E-state index contributed by atoms with van der Waals surface area (Å²) in [5.74, 6) is 0. The van der Waals surface area contributed by atoms with Crippen LogP contribution in [-0.2, 0) is 14.7 Å². The normalized spacial score (nSPS) is 11.1. The summed E-state index contributed by atoms with van der Waals surface area (Å²) in [6.45, 7) is 4.08. The van der Waals surface area contributed by atoms with Crippen LogP contribution in [0.2, 0.25) is 0 Å². The van der Waals surface area contributed by atoms with Crippen molar-refractivity contribution >= 4 is 10.1 Å². The number of hydrogen-bond donors (Lipinski definition) is 0. The molecule has 0 rings (SSSR count). The molecule has 0 aromatic carbocycles. The van der Waals surface area contributed by atoms with Crippen LogP contribution in [0.25, 0.3) is 0 Å². The van der Waals surface area contributed by atoms with E-state index in [-0.39, 0.29) is 4.91 Å². The highest BCUT2D eigenvalue weighted by Gasteiger charge is 2.04. The fraction of sp³-hybridized carbons (Fsp3) is 0.333. The van der Waals surface area contributed by atoms with E-state index in [0.29, 0.717) is 0 Å². The molecule has 0 atom stereocenters. The van der Waals surface area contributed by atoms with Crippen molar-refractivity contribution in [2.45, 2.75) is 6.92 Å². The summed E-state index contributed by atoms with van der Waals surface area (Å²) in [5.41, 5.74) is 0. The van der Waals surface area contributed by atoms with Crippen LogP contribution in [0.3, 0.4) is 0 Å². The van der Waals surface area contributed by atoms with Crippen molar-refractivity contribution < 1.29 is 13.0 Å². The molecule has 0 N–H and O–H groups in total. The molecule has 0 unspecified atom stereocenters. The zero-order valence-electron chi connectivity index (χ0n) is 3.84. The zero-order chi connectivity index (χ0) is 6.08. The minimum atomic E-state index is -4.19. The molecule has 0 spiro atoms. The molecule has 0 heterocycles. The Morgan fingerprint density at radius 1 is 1.57 bits per heavy atom. The maximum atomic E-state index is 9.68. The van der Waals surface area contributed by atoms with Crippen molar-refractivity contribution in [2.24, 2.45) is 0 Å². The highest BCUT2D eigenvalue weighted by Crippen LogP contribution is 1.96. The van der Waals surface area contributed by atoms with Crippen LogP contribution in [0.1, 0.15) is 6.92 Å². The second kappa shape index (κ2) is 1.63. The summed E-state index contributed by atoms with van der Waals surface area (Å²) in [5, 5.41) is 0. The third kappa shape index (κ3) is 2.36. The zero-order valence-corrected chi connectivity index (χ0v) is 4.66. The van der Waals surface area contributed by atoms with E-state index < -0.39 is 10.1 Å². The average molecular weight is 121 g/mol. The van der Waals surface area contributed by atoms with E-state index in [1.165, 1.54) is 0 Å². The monoisotopic (exact) mass is 121 g/mol. The highest BCUT2D eigenvalue weighted by atomic mass is 32.2. The van der Waals surface area contributed by atoms with E-state index in [2.05, 4.69) is 6.58 Å². The van der Waals surface area contributed by atoms with Gasteiger partial charge in [0.25, 0.3) is 0 Å². The highest BCUT2D eigenvalue weighted by molar-refractivity contribution is 7.89. The first-order chi connectivity index (χ1) is 2.94. The smallest absolute Gasteiger partial charge is 0.192 e. The van der Waals surface area contributed by atoms with Gasteiger partial charge in [-0.15, -0.1) is 0 Å². The maximum absolute atomic E-state index is 9.68. The van der Waals surface area contributed by atoms with E-state index in [1.807, 2.05) is 0 Å². The Bertz CT molecular complexity index is 165. The standard InChI is InChI=1S/C3H5O3S/c1-3(2)7(4,5)6/h1H2,2H3. The number of rotatable bonds is 1. The first-order valence-electron chi connectivity index (χ1n) is 1.56. The predicted octanol–water partition coefficient (Wildman–Crippen LogP) is 0.280. The van der Waals surface area contributed by atoms with Crippen molar-refractivity contribution in [3.8, 4) is 0 Å². The molecule has 0 aliphatic heterocycles. The van der Waals surface area contributed by atoms with Gasteiger partial charge in [-0.3, -0.25) is 0 Å². The Morgan fingerprint density at radius 3 is 1.71 bits per heavy atom. The molecule has 7 heavy (non-hydrogen) atoms. The molecule has 1 radical (unpaired) electrons. The predicted molar refractivity (Wildman–Crippen MR) is 24.4 cm³/mol. The van der Waals surface area contributed by atoms with Gasteiger partial charge in [0, 0.05) is 0 Å². The molecule has 0 amide bonds. The summed E-state index contributed by atoms with van der Waals surface area (Å²) < 4.78 is 29.0. The Balaban J connectivity index is 4.43. The molecule has 0 bridgehead atoms. The molecule has 4 heteroatoms. The van der Waals surface area contributed by atoms with E-state index in [9.17, 15) is 13.0 Å². The van der Waals surface area contributed by atoms with E-state index in [1.54, 1.807) is 0 Å². The van der Waals surface area contributed by atoms with Crippen molar-refractivity contribution in [1.29, 1.82) is 0 Å². The van der Waals surface area contributed by atoms with Gasteiger partial charge in [0.1, 0.15) is 0 Å². The van der Waals surface area contributed by atoms with Gasteiger partial charge in [-0.2, -0.15) is 8.42 Å². The lowest BCUT2D eigenvalue weighted by Crippen LogP contribution is -1.92. The average Bonchev–Trinajstić information content (AvgIpc) is 1.31. The summed E-state index contributed by atoms with van der Waals surface area (Å²) in [7, 11) is -4.19. The summed E-state index contributed by atoms with van der Waals surface area (Å²) in [4.78, 5) is -0.340. The molecular formula is C3H5O3S. The lowest BCUT2D eigenvalue weighted by Gasteiger charge is -1.82. The largest absolute Gasteiger partial charge is 0.319 e. The lowest BCUT2D eigenvalue weighted by molar-refractivity contribution is 0.421. The van der Waals surface area contributed by atoms with Gasteiger partial charge in [0.15, 0.2) is 0 Å². The van der Waals surface area contributed by atoms with Crippen molar-refractivity contribution in [2.75, 3.05) is 0 Å². The van der Waals surface area contributed by atoms with Crippen LogP contribution in [0, 0.1) is 0 Å². The fourth-order valence-corrected chi connectivity index (χ4v) is 0. The van der Waals surface area contributed by atoms with Crippen molar-refractivity contribution in [1.82, 2.24) is 0 Å². The van der Waals surface area contributed by atoms with Crippen LogP contribution >= 0.6 is 0 Å². The van der Waals surface area contributed by atoms with E-state index in [0.717, 1.165) is 6.92 Å². The van der Waals surface area contributed by atoms with Gasteiger partial charge in [-0.25, -0.2) is 0 Å². The summed E-state index contributed by atoms with van der Waals surface area (Å²) in [6.07, 6.45) is 0. The van der Waals surface area contributed by atoms with Gasteiger partial charge >= 0.3 is 10.1 Å². The van der Waals surface area contributed by atoms with E-state index >= 15 is 0 Å². The molecule has 3 nitrogen and oxygen atoms in total. The second-order valence-electron chi connectivity index (χ2n) is 1.16.